The molecule has 8 heteroatoms. The molecule has 0 atom stereocenters. The van der Waals surface area contributed by atoms with Crippen LogP contribution in [0.15, 0.2) is 4.79 Å². The molecule has 0 unspecified atom stereocenters. The summed E-state index contributed by atoms with van der Waals surface area (Å²) in [5.74, 6) is 0.662. The molecule has 3 heterocycles. The number of piperazine rings is 1. The van der Waals surface area contributed by atoms with E-state index in [-0.39, 0.29) is 11.6 Å². The fourth-order valence-corrected chi connectivity index (χ4v) is 3.12. The van der Waals surface area contributed by atoms with Gasteiger partial charge in [0, 0.05) is 58.3 Å². The third-order valence-corrected chi connectivity index (χ3v) is 4.64. The first-order chi connectivity index (χ1) is 11.1. The normalized spacial score (nSPS) is 19.2. The van der Waals surface area contributed by atoms with Crippen molar-refractivity contribution in [2.75, 3.05) is 58.3 Å². The van der Waals surface area contributed by atoms with E-state index < -0.39 is 0 Å². The number of carbonyl (C=O) groups excluding carboxylic acids is 1. The van der Waals surface area contributed by atoms with Gasteiger partial charge in [-0.1, -0.05) is 0 Å². The standard InChI is InChI=1S/C15H24N6O2/c1-16-15(23)21-5-3-11-12(4-6-21)17-14(18-13(11)22)20-9-7-19(2)8-10-20/h3-10H2,1-2H3,(H,16,23)(H,17,18,22). The Kier molecular flexibility index (Phi) is 4.51. The van der Waals surface area contributed by atoms with Crippen molar-refractivity contribution in [2.24, 2.45) is 0 Å². The number of aromatic nitrogens is 2. The van der Waals surface area contributed by atoms with Crippen molar-refractivity contribution < 1.29 is 4.79 Å². The Morgan fingerprint density at radius 3 is 2.52 bits per heavy atom. The van der Waals surface area contributed by atoms with E-state index in [2.05, 4.69) is 27.1 Å². The maximum Gasteiger partial charge on any atom is 0.317 e. The number of urea groups is 1. The summed E-state index contributed by atoms with van der Waals surface area (Å²) in [5.41, 5.74) is 1.48. The number of likely N-dealkylation sites (N-methyl/N-ethyl adjacent to an activating group) is 1. The SMILES string of the molecule is CNC(=O)N1CCc2nc(N3CCN(C)CC3)[nH]c(=O)c2CC1. The lowest BCUT2D eigenvalue weighted by molar-refractivity contribution is 0.202. The number of anilines is 1. The van der Waals surface area contributed by atoms with Crippen LogP contribution >= 0.6 is 0 Å². The minimum Gasteiger partial charge on any atom is -0.341 e. The van der Waals surface area contributed by atoms with Crippen LogP contribution in [0.1, 0.15) is 11.3 Å². The van der Waals surface area contributed by atoms with Crippen LogP contribution in [0, 0.1) is 0 Å². The molecule has 2 amide bonds. The van der Waals surface area contributed by atoms with Crippen LogP contribution in [0.5, 0.6) is 0 Å². The first kappa shape index (κ1) is 15.8. The summed E-state index contributed by atoms with van der Waals surface area (Å²) in [7, 11) is 3.72. The molecule has 1 fully saturated rings. The number of aromatic amines is 1. The second kappa shape index (κ2) is 6.57. The Morgan fingerprint density at radius 2 is 1.83 bits per heavy atom. The quantitative estimate of drug-likeness (QED) is 0.712. The van der Waals surface area contributed by atoms with Crippen LogP contribution in [0.25, 0.3) is 0 Å². The summed E-state index contributed by atoms with van der Waals surface area (Å²) >= 11 is 0. The molecule has 0 aliphatic carbocycles. The van der Waals surface area contributed by atoms with Crippen molar-refractivity contribution in [3.8, 4) is 0 Å². The third kappa shape index (κ3) is 3.31. The topological polar surface area (TPSA) is 84.6 Å². The summed E-state index contributed by atoms with van der Waals surface area (Å²) in [4.78, 5) is 38.0. The summed E-state index contributed by atoms with van der Waals surface area (Å²) in [6.45, 7) is 4.79. The molecule has 8 nitrogen and oxygen atoms in total. The molecule has 2 aliphatic heterocycles. The first-order valence-electron chi connectivity index (χ1n) is 8.10. The minimum atomic E-state index is -0.103. The van der Waals surface area contributed by atoms with Crippen LogP contribution in [-0.2, 0) is 12.8 Å². The van der Waals surface area contributed by atoms with E-state index in [0.29, 0.717) is 37.4 Å². The average molecular weight is 320 g/mol. The van der Waals surface area contributed by atoms with Gasteiger partial charge in [0.25, 0.3) is 5.56 Å². The zero-order chi connectivity index (χ0) is 16.4. The molecule has 1 aromatic rings. The van der Waals surface area contributed by atoms with Gasteiger partial charge < -0.3 is 20.0 Å². The van der Waals surface area contributed by atoms with E-state index in [4.69, 9.17) is 4.98 Å². The number of amides is 2. The number of nitrogens with one attached hydrogen (secondary N) is 2. The van der Waals surface area contributed by atoms with Gasteiger partial charge in [-0.15, -0.1) is 0 Å². The fourth-order valence-electron chi connectivity index (χ4n) is 3.12. The Bertz CT molecular complexity index is 635. The monoisotopic (exact) mass is 320 g/mol. The van der Waals surface area contributed by atoms with E-state index >= 15 is 0 Å². The second-order valence-corrected chi connectivity index (χ2v) is 6.15. The van der Waals surface area contributed by atoms with Crippen molar-refractivity contribution in [1.29, 1.82) is 0 Å². The predicted octanol–water partition coefficient (Wildman–Crippen LogP) is -0.738. The van der Waals surface area contributed by atoms with E-state index in [9.17, 15) is 9.59 Å². The van der Waals surface area contributed by atoms with Gasteiger partial charge >= 0.3 is 6.03 Å². The largest absolute Gasteiger partial charge is 0.341 e. The second-order valence-electron chi connectivity index (χ2n) is 6.15. The van der Waals surface area contributed by atoms with Crippen molar-refractivity contribution in [3.05, 3.63) is 21.6 Å². The molecule has 2 N–H and O–H groups in total. The molecular formula is C15H24N6O2. The molecule has 126 valence electrons. The van der Waals surface area contributed by atoms with Gasteiger partial charge in [-0.05, 0) is 13.5 Å². The Hall–Kier alpha value is -2.09. The smallest absolute Gasteiger partial charge is 0.317 e. The van der Waals surface area contributed by atoms with Crippen molar-refractivity contribution in [3.63, 3.8) is 0 Å². The molecular weight excluding hydrogens is 296 g/mol. The lowest BCUT2D eigenvalue weighted by atomic mass is 10.1. The molecule has 0 bridgehead atoms. The molecule has 3 rings (SSSR count). The van der Waals surface area contributed by atoms with Crippen molar-refractivity contribution >= 4 is 12.0 Å². The van der Waals surface area contributed by atoms with Gasteiger partial charge in [0.2, 0.25) is 5.95 Å². The molecule has 2 aliphatic rings. The molecule has 0 spiro atoms. The lowest BCUT2D eigenvalue weighted by Crippen LogP contribution is -2.45. The van der Waals surface area contributed by atoms with Crippen LogP contribution in [0.2, 0.25) is 0 Å². The van der Waals surface area contributed by atoms with E-state index in [1.54, 1.807) is 11.9 Å². The Morgan fingerprint density at radius 1 is 1.13 bits per heavy atom. The predicted molar refractivity (Wildman–Crippen MR) is 88.0 cm³/mol. The highest BCUT2D eigenvalue weighted by Crippen LogP contribution is 2.15. The number of hydrogen-bond donors (Lipinski definition) is 2. The number of carbonyl (C=O) groups is 1. The van der Waals surface area contributed by atoms with Crippen LogP contribution < -0.4 is 15.8 Å². The maximum atomic E-state index is 12.4. The van der Waals surface area contributed by atoms with Gasteiger partial charge in [-0.2, -0.15) is 0 Å². The number of H-pyrrole nitrogens is 1. The van der Waals surface area contributed by atoms with Crippen molar-refractivity contribution in [2.45, 2.75) is 12.8 Å². The molecule has 1 aromatic heterocycles. The van der Waals surface area contributed by atoms with Crippen LogP contribution in [-0.4, -0.2) is 79.2 Å². The minimum absolute atomic E-state index is 0.0670. The zero-order valence-electron chi connectivity index (χ0n) is 13.8. The maximum absolute atomic E-state index is 12.4. The number of hydrogen-bond acceptors (Lipinski definition) is 5. The summed E-state index contributed by atoms with van der Waals surface area (Å²) in [6.07, 6.45) is 1.17. The van der Waals surface area contributed by atoms with Crippen LogP contribution in [0.3, 0.4) is 0 Å². The molecule has 1 saturated heterocycles. The van der Waals surface area contributed by atoms with Gasteiger partial charge in [0.05, 0.1) is 5.69 Å². The first-order valence-corrected chi connectivity index (χ1v) is 8.10. The number of nitrogens with zero attached hydrogens (tertiary/aromatic N) is 4. The van der Waals surface area contributed by atoms with Gasteiger partial charge in [0.15, 0.2) is 0 Å². The number of rotatable bonds is 1. The summed E-state index contributed by atoms with van der Waals surface area (Å²) in [6, 6.07) is -0.103. The average Bonchev–Trinajstić information content (AvgIpc) is 2.78. The highest BCUT2D eigenvalue weighted by molar-refractivity contribution is 5.73. The number of fused-ring (bicyclic) bond motifs is 1. The van der Waals surface area contributed by atoms with Crippen molar-refractivity contribution in [1.82, 2.24) is 25.1 Å². The van der Waals surface area contributed by atoms with Gasteiger partial charge in [-0.25, -0.2) is 9.78 Å². The highest BCUT2D eigenvalue weighted by atomic mass is 16.2. The molecule has 0 radical (unpaired) electrons. The fraction of sp³-hybridized carbons (Fsp3) is 0.667. The van der Waals surface area contributed by atoms with E-state index in [1.807, 2.05) is 0 Å². The molecule has 0 saturated carbocycles. The van der Waals surface area contributed by atoms with E-state index in [1.165, 1.54) is 0 Å². The van der Waals surface area contributed by atoms with Gasteiger partial charge in [-0.3, -0.25) is 9.78 Å². The van der Waals surface area contributed by atoms with E-state index in [0.717, 1.165) is 31.9 Å². The third-order valence-electron chi connectivity index (χ3n) is 4.64. The highest BCUT2D eigenvalue weighted by Gasteiger charge is 2.23. The zero-order valence-corrected chi connectivity index (χ0v) is 13.8. The van der Waals surface area contributed by atoms with Gasteiger partial charge in [0.1, 0.15) is 0 Å². The summed E-state index contributed by atoms with van der Waals surface area (Å²) in [5, 5.41) is 2.64. The summed E-state index contributed by atoms with van der Waals surface area (Å²) < 4.78 is 0. The molecule has 23 heavy (non-hydrogen) atoms. The Balaban J connectivity index is 1.81. The Labute approximate surface area is 135 Å². The lowest BCUT2D eigenvalue weighted by Gasteiger charge is -2.32. The van der Waals surface area contributed by atoms with Crippen LogP contribution in [0.4, 0.5) is 10.7 Å². The molecule has 0 aromatic carbocycles.